The van der Waals surface area contributed by atoms with E-state index < -0.39 is 0 Å². The van der Waals surface area contributed by atoms with Crippen LogP contribution in [0.5, 0.6) is 0 Å². The fourth-order valence-corrected chi connectivity index (χ4v) is 1.35. The van der Waals surface area contributed by atoms with Gasteiger partial charge in [0, 0.05) is 0 Å². The number of rotatable bonds is 2. The SMILES string of the molecule is CCCC1(S)COC1. The standard InChI is InChI=1S/C6H12OS/c1-2-3-6(8)4-7-5-6/h8H,2-5H2,1H3. The molecule has 0 atom stereocenters. The third-order valence-electron chi connectivity index (χ3n) is 1.46. The zero-order valence-corrected chi connectivity index (χ0v) is 6.08. The second-order valence-corrected chi connectivity index (χ2v) is 3.42. The molecule has 1 aliphatic rings. The van der Waals surface area contributed by atoms with E-state index in [1.807, 2.05) is 0 Å². The lowest BCUT2D eigenvalue weighted by Crippen LogP contribution is -2.44. The molecule has 1 nitrogen and oxygen atoms in total. The van der Waals surface area contributed by atoms with Gasteiger partial charge in [-0.05, 0) is 6.42 Å². The lowest BCUT2D eigenvalue weighted by atomic mass is 10.0. The highest BCUT2D eigenvalue weighted by Crippen LogP contribution is 2.29. The van der Waals surface area contributed by atoms with Crippen molar-refractivity contribution in [1.29, 1.82) is 0 Å². The van der Waals surface area contributed by atoms with Crippen LogP contribution in [0.3, 0.4) is 0 Å². The quantitative estimate of drug-likeness (QED) is 0.560. The third-order valence-corrected chi connectivity index (χ3v) is 1.94. The van der Waals surface area contributed by atoms with Gasteiger partial charge in [-0.25, -0.2) is 0 Å². The summed E-state index contributed by atoms with van der Waals surface area (Å²) in [5.74, 6) is 0. The predicted octanol–water partition coefficient (Wildman–Crippen LogP) is 1.49. The Morgan fingerprint density at radius 2 is 2.25 bits per heavy atom. The molecule has 1 aliphatic heterocycles. The molecule has 0 radical (unpaired) electrons. The largest absolute Gasteiger partial charge is 0.378 e. The summed E-state index contributed by atoms with van der Waals surface area (Å²) >= 11 is 4.43. The topological polar surface area (TPSA) is 9.23 Å². The highest BCUT2D eigenvalue weighted by atomic mass is 32.1. The van der Waals surface area contributed by atoms with Gasteiger partial charge in [-0.1, -0.05) is 13.3 Å². The maximum Gasteiger partial charge on any atom is 0.0633 e. The van der Waals surface area contributed by atoms with Crippen LogP contribution in [0.2, 0.25) is 0 Å². The molecule has 0 bridgehead atoms. The van der Waals surface area contributed by atoms with Crippen molar-refractivity contribution in [2.75, 3.05) is 13.2 Å². The van der Waals surface area contributed by atoms with Gasteiger partial charge < -0.3 is 4.74 Å². The number of hydrogen-bond acceptors (Lipinski definition) is 2. The van der Waals surface area contributed by atoms with Gasteiger partial charge in [-0.15, -0.1) is 0 Å². The van der Waals surface area contributed by atoms with Crippen LogP contribution in [0.15, 0.2) is 0 Å². The van der Waals surface area contributed by atoms with Crippen molar-refractivity contribution in [3.05, 3.63) is 0 Å². The van der Waals surface area contributed by atoms with Crippen molar-refractivity contribution < 1.29 is 4.74 Å². The van der Waals surface area contributed by atoms with Crippen LogP contribution in [0.4, 0.5) is 0 Å². The average molecular weight is 132 g/mol. The van der Waals surface area contributed by atoms with Crippen LogP contribution in [0.25, 0.3) is 0 Å². The smallest absolute Gasteiger partial charge is 0.0633 e. The van der Waals surface area contributed by atoms with E-state index in [2.05, 4.69) is 19.6 Å². The monoisotopic (exact) mass is 132 g/mol. The molecule has 0 saturated carbocycles. The van der Waals surface area contributed by atoms with Crippen molar-refractivity contribution in [3.63, 3.8) is 0 Å². The second kappa shape index (κ2) is 2.28. The number of thiol groups is 1. The lowest BCUT2D eigenvalue weighted by Gasteiger charge is -2.36. The van der Waals surface area contributed by atoms with E-state index >= 15 is 0 Å². The number of ether oxygens (including phenoxy) is 1. The molecule has 1 heterocycles. The van der Waals surface area contributed by atoms with E-state index in [0.29, 0.717) is 0 Å². The van der Waals surface area contributed by atoms with Crippen molar-refractivity contribution >= 4 is 12.6 Å². The summed E-state index contributed by atoms with van der Waals surface area (Å²) in [6.07, 6.45) is 2.41. The normalized spacial score (nSPS) is 24.8. The highest BCUT2D eigenvalue weighted by molar-refractivity contribution is 7.82. The van der Waals surface area contributed by atoms with Crippen LogP contribution < -0.4 is 0 Å². The first kappa shape index (κ1) is 6.43. The van der Waals surface area contributed by atoms with Gasteiger partial charge in [0.15, 0.2) is 0 Å². The lowest BCUT2D eigenvalue weighted by molar-refractivity contribution is -0.0113. The molecule has 48 valence electrons. The summed E-state index contributed by atoms with van der Waals surface area (Å²) in [7, 11) is 0. The fourth-order valence-electron chi connectivity index (χ4n) is 0.947. The maximum atomic E-state index is 5.01. The van der Waals surface area contributed by atoms with Crippen molar-refractivity contribution in [3.8, 4) is 0 Å². The van der Waals surface area contributed by atoms with E-state index in [-0.39, 0.29) is 4.75 Å². The van der Waals surface area contributed by atoms with Gasteiger partial charge >= 0.3 is 0 Å². The summed E-state index contributed by atoms with van der Waals surface area (Å²) in [6.45, 7) is 3.88. The van der Waals surface area contributed by atoms with E-state index in [1.54, 1.807) is 0 Å². The zero-order valence-electron chi connectivity index (χ0n) is 5.18. The van der Waals surface area contributed by atoms with Crippen molar-refractivity contribution in [2.45, 2.75) is 24.5 Å². The Bertz CT molecular complexity index is 78.6. The minimum Gasteiger partial charge on any atom is -0.378 e. The Morgan fingerprint density at radius 1 is 1.62 bits per heavy atom. The Hall–Kier alpha value is 0.310. The Labute approximate surface area is 55.8 Å². The fraction of sp³-hybridized carbons (Fsp3) is 1.00. The van der Waals surface area contributed by atoms with Gasteiger partial charge in [0.1, 0.15) is 0 Å². The zero-order chi connectivity index (χ0) is 6.04. The molecule has 1 rings (SSSR count). The van der Waals surface area contributed by atoms with Gasteiger partial charge in [0.2, 0.25) is 0 Å². The maximum absolute atomic E-state index is 5.01. The molecule has 0 aromatic carbocycles. The molecule has 2 heteroatoms. The summed E-state index contributed by atoms with van der Waals surface area (Å²) < 4.78 is 5.26. The van der Waals surface area contributed by atoms with Crippen LogP contribution >= 0.6 is 12.6 Å². The summed E-state index contributed by atoms with van der Waals surface area (Å²) in [5.41, 5.74) is 0. The van der Waals surface area contributed by atoms with Crippen LogP contribution in [-0.4, -0.2) is 18.0 Å². The predicted molar refractivity (Wildman–Crippen MR) is 37.4 cm³/mol. The molecule has 0 aromatic rings. The minimum absolute atomic E-state index is 0.245. The molecule has 0 spiro atoms. The van der Waals surface area contributed by atoms with Crippen molar-refractivity contribution in [2.24, 2.45) is 0 Å². The van der Waals surface area contributed by atoms with Gasteiger partial charge in [0.25, 0.3) is 0 Å². The van der Waals surface area contributed by atoms with Gasteiger partial charge in [-0.2, -0.15) is 12.6 Å². The van der Waals surface area contributed by atoms with Crippen LogP contribution in [0.1, 0.15) is 19.8 Å². The summed E-state index contributed by atoms with van der Waals surface area (Å²) in [6, 6.07) is 0. The first-order valence-electron chi connectivity index (χ1n) is 3.07. The van der Waals surface area contributed by atoms with Gasteiger partial charge in [0.05, 0.1) is 18.0 Å². The molecular weight excluding hydrogens is 120 g/mol. The van der Waals surface area contributed by atoms with E-state index in [0.717, 1.165) is 13.2 Å². The van der Waals surface area contributed by atoms with E-state index in [4.69, 9.17) is 4.74 Å². The molecule has 1 saturated heterocycles. The molecule has 0 aliphatic carbocycles. The molecule has 1 fully saturated rings. The highest BCUT2D eigenvalue weighted by Gasteiger charge is 2.32. The first-order chi connectivity index (χ1) is 3.77. The average Bonchev–Trinajstić information content (AvgIpc) is 1.64. The van der Waals surface area contributed by atoms with E-state index in [9.17, 15) is 0 Å². The summed E-state index contributed by atoms with van der Waals surface area (Å²) in [5, 5.41) is 0. The minimum atomic E-state index is 0.245. The molecule has 0 unspecified atom stereocenters. The first-order valence-corrected chi connectivity index (χ1v) is 3.52. The molecular formula is C6H12OS. The molecule has 0 N–H and O–H groups in total. The Kier molecular flexibility index (Phi) is 1.83. The van der Waals surface area contributed by atoms with Gasteiger partial charge in [-0.3, -0.25) is 0 Å². The van der Waals surface area contributed by atoms with Crippen LogP contribution in [0, 0.1) is 0 Å². The Morgan fingerprint density at radius 3 is 2.38 bits per heavy atom. The summed E-state index contributed by atoms with van der Waals surface area (Å²) in [4.78, 5) is 0. The molecule has 0 aromatic heterocycles. The second-order valence-electron chi connectivity index (χ2n) is 2.47. The van der Waals surface area contributed by atoms with Crippen LogP contribution in [-0.2, 0) is 4.74 Å². The number of hydrogen-bond donors (Lipinski definition) is 1. The molecule has 8 heavy (non-hydrogen) atoms. The molecule has 0 amide bonds. The Balaban J connectivity index is 2.20. The van der Waals surface area contributed by atoms with E-state index in [1.165, 1.54) is 12.8 Å². The third kappa shape index (κ3) is 1.17. The van der Waals surface area contributed by atoms with Crippen molar-refractivity contribution in [1.82, 2.24) is 0 Å².